The van der Waals surface area contributed by atoms with Crippen molar-refractivity contribution in [3.8, 4) is 0 Å². The molecule has 0 aliphatic rings. The van der Waals surface area contributed by atoms with Gasteiger partial charge in [-0.25, -0.2) is 0 Å². The van der Waals surface area contributed by atoms with Crippen LogP contribution < -0.4 is 0 Å². The van der Waals surface area contributed by atoms with Crippen molar-refractivity contribution < 1.29 is 33.6 Å². The molecule has 0 aliphatic heterocycles. The Bertz CT molecular complexity index is 1380. The Labute approximate surface area is 293 Å². The zero-order chi connectivity index (χ0) is 35.4. The van der Waals surface area contributed by atoms with Crippen LogP contribution in [0.5, 0.6) is 0 Å². The van der Waals surface area contributed by atoms with Crippen molar-refractivity contribution >= 4 is 11.9 Å². The standard InChI is InChI=1S/C21H26O3.C15H14O.C6H14O3/c1-3-22-13-14-23-15-16-24-17-21(19-7-5-4-6-8-19)20-11-9-18(2)10-12-20;1-12-7-9-14(10-8-12)15(11-16)13-5-3-2-4-6-13;1-2-8-5-6-9-4-3-7/h4-12,17H,3,13-16H2,1-2H3;2-11,15H,1H3;7H,2-6H2,1H3/b21-17+;;. The first kappa shape index (κ1) is 41.1. The highest BCUT2D eigenvalue weighted by Crippen LogP contribution is 2.24. The van der Waals surface area contributed by atoms with Crippen LogP contribution in [0.1, 0.15) is 53.1 Å². The van der Waals surface area contributed by atoms with Crippen LogP contribution in [0, 0.1) is 13.8 Å². The summed E-state index contributed by atoms with van der Waals surface area (Å²) in [5.41, 5.74) is 7.90. The highest BCUT2D eigenvalue weighted by Gasteiger charge is 2.12. The number of ether oxygens (including phenoxy) is 5. The van der Waals surface area contributed by atoms with Gasteiger partial charge >= 0.3 is 0 Å². The second-order valence-electron chi connectivity index (χ2n) is 10.9. The van der Waals surface area contributed by atoms with E-state index in [1.165, 1.54) is 11.1 Å². The zero-order valence-corrected chi connectivity index (χ0v) is 29.6. The van der Waals surface area contributed by atoms with Gasteiger partial charge in [0, 0.05) is 18.8 Å². The molecule has 0 fully saturated rings. The molecule has 0 aromatic heterocycles. The van der Waals surface area contributed by atoms with E-state index in [1.807, 2.05) is 99.8 Å². The molecule has 0 aliphatic carbocycles. The largest absolute Gasteiger partial charge is 0.498 e. The lowest BCUT2D eigenvalue weighted by Crippen LogP contribution is -2.08. The minimum Gasteiger partial charge on any atom is -0.498 e. The molecule has 1 N–H and O–H groups in total. The minimum absolute atomic E-state index is 0.0894. The van der Waals surface area contributed by atoms with Gasteiger partial charge in [0.2, 0.25) is 0 Å². The number of aliphatic hydroxyl groups is 1. The maximum absolute atomic E-state index is 11.2. The predicted octanol–water partition coefficient (Wildman–Crippen LogP) is 7.81. The Morgan fingerprint density at radius 2 is 1.02 bits per heavy atom. The molecule has 4 aromatic carbocycles. The van der Waals surface area contributed by atoms with Crippen molar-refractivity contribution in [3.63, 3.8) is 0 Å². The van der Waals surface area contributed by atoms with Crippen LogP contribution in [-0.4, -0.2) is 77.5 Å². The van der Waals surface area contributed by atoms with Crippen LogP contribution in [0.15, 0.2) is 115 Å². The molecular formula is C42H54O7. The van der Waals surface area contributed by atoms with Gasteiger partial charge in [-0.1, -0.05) is 120 Å². The number of hydrogen-bond donors (Lipinski definition) is 1. The summed E-state index contributed by atoms with van der Waals surface area (Å²) in [7, 11) is 0. The summed E-state index contributed by atoms with van der Waals surface area (Å²) in [5, 5.41) is 8.26. The van der Waals surface area contributed by atoms with E-state index in [9.17, 15) is 4.79 Å². The second-order valence-corrected chi connectivity index (χ2v) is 10.9. The quantitative estimate of drug-likeness (QED) is 0.0619. The summed E-state index contributed by atoms with van der Waals surface area (Å²) < 4.78 is 26.3. The number of benzene rings is 4. The molecule has 49 heavy (non-hydrogen) atoms. The molecule has 0 saturated heterocycles. The monoisotopic (exact) mass is 670 g/mol. The summed E-state index contributed by atoms with van der Waals surface area (Å²) in [6.07, 6.45) is 2.83. The third-order valence-electron chi connectivity index (χ3n) is 7.11. The molecule has 7 heteroatoms. The molecular weight excluding hydrogens is 616 g/mol. The fourth-order valence-electron chi connectivity index (χ4n) is 4.48. The van der Waals surface area contributed by atoms with E-state index in [0.29, 0.717) is 46.2 Å². The molecule has 0 saturated carbocycles. The fourth-order valence-corrected chi connectivity index (χ4v) is 4.48. The van der Waals surface area contributed by atoms with E-state index in [0.717, 1.165) is 47.3 Å². The molecule has 1 atom stereocenters. The van der Waals surface area contributed by atoms with Crippen molar-refractivity contribution in [2.45, 2.75) is 33.6 Å². The second kappa shape index (κ2) is 26.8. The number of carbonyl (C=O) groups is 1. The Balaban J connectivity index is 0.000000286. The molecule has 4 aromatic rings. The van der Waals surface area contributed by atoms with Gasteiger partial charge in [-0.3, -0.25) is 0 Å². The first-order chi connectivity index (χ1) is 24.0. The number of carbonyl (C=O) groups excluding carboxylic acids is 1. The first-order valence-corrected chi connectivity index (χ1v) is 17.0. The van der Waals surface area contributed by atoms with Gasteiger partial charge in [0.25, 0.3) is 0 Å². The van der Waals surface area contributed by atoms with E-state index in [1.54, 1.807) is 0 Å². The highest BCUT2D eigenvalue weighted by molar-refractivity contribution is 5.79. The smallest absolute Gasteiger partial charge is 0.131 e. The first-order valence-electron chi connectivity index (χ1n) is 17.0. The number of aryl methyl sites for hydroxylation is 2. The summed E-state index contributed by atoms with van der Waals surface area (Å²) in [4.78, 5) is 11.2. The molecule has 264 valence electrons. The molecule has 0 spiro atoms. The number of rotatable bonds is 19. The molecule has 1 unspecified atom stereocenters. The van der Waals surface area contributed by atoms with Crippen molar-refractivity contribution in [3.05, 3.63) is 149 Å². The summed E-state index contributed by atoms with van der Waals surface area (Å²) in [5.74, 6) is -0.151. The van der Waals surface area contributed by atoms with E-state index < -0.39 is 0 Å². The molecule has 0 amide bonds. The van der Waals surface area contributed by atoms with Crippen LogP contribution in [0.3, 0.4) is 0 Å². The molecule has 7 nitrogen and oxygen atoms in total. The maximum atomic E-state index is 11.2. The lowest BCUT2D eigenvalue weighted by Gasteiger charge is -2.11. The third kappa shape index (κ3) is 17.7. The highest BCUT2D eigenvalue weighted by atomic mass is 16.5. The predicted molar refractivity (Wildman–Crippen MR) is 198 cm³/mol. The van der Waals surface area contributed by atoms with Crippen LogP contribution in [0.25, 0.3) is 5.57 Å². The third-order valence-corrected chi connectivity index (χ3v) is 7.11. The number of aldehydes is 1. The average Bonchev–Trinajstić information content (AvgIpc) is 3.14. The van der Waals surface area contributed by atoms with Crippen molar-refractivity contribution in [1.29, 1.82) is 0 Å². The van der Waals surface area contributed by atoms with Gasteiger partial charge < -0.3 is 33.6 Å². The van der Waals surface area contributed by atoms with E-state index in [4.69, 9.17) is 28.8 Å². The van der Waals surface area contributed by atoms with Gasteiger partial charge in [-0.05, 0) is 49.9 Å². The summed E-state index contributed by atoms with van der Waals surface area (Å²) >= 11 is 0. The van der Waals surface area contributed by atoms with Gasteiger partial charge in [0.1, 0.15) is 12.9 Å². The lowest BCUT2D eigenvalue weighted by atomic mass is 9.92. The van der Waals surface area contributed by atoms with Crippen LogP contribution >= 0.6 is 0 Å². The van der Waals surface area contributed by atoms with Crippen LogP contribution in [0.4, 0.5) is 0 Å². The SMILES string of the molecule is CCOCCOCCO.CCOCCOCCO/C=C(\c1ccccc1)c1ccc(C)cc1.Cc1ccc(C(C=O)c2ccccc2)cc1. The summed E-state index contributed by atoms with van der Waals surface area (Å²) in [6, 6.07) is 36.7. The molecule has 0 heterocycles. The van der Waals surface area contributed by atoms with E-state index >= 15 is 0 Å². The Kier molecular flexibility index (Phi) is 22.5. The Morgan fingerprint density at radius 3 is 1.55 bits per heavy atom. The number of hydrogen-bond acceptors (Lipinski definition) is 7. The van der Waals surface area contributed by atoms with Crippen LogP contribution in [0.2, 0.25) is 0 Å². The zero-order valence-electron chi connectivity index (χ0n) is 29.6. The average molecular weight is 671 g/mol. The van der Waals surface area contributed by atoms with E-state index in [-0.39, 0.29) is 12.5 Å². The fraction of sp³-hybridized carbons (Fsp3) is 0.357. The molecule has 0 radical (unpaired) electrons. The van der Waals surface area contributed by atoms with Gasteiger partial charge in [0.05, 0.1) is 58.4 Å². The van der Waals surface area contributed by atoms with Gasteiger partial charge in [-0.2, -0.15) is 0 Å². The Morgan fingerprint density at radius 1 is 0.571 bits per heavy atom. The number of aliphatic hydroxyl groups excluding tert-OH is 1. The van der Waals surface area contributed by atoms with Crippen LogP contribution in [-0.2, 0) is 28.5 Å². The lowest BCUT2D eigenvalue weighted by molar-refractivity contribution is -0.108. The summed E-state index contributed by atoms with van der Waals surface area (Å²) in [6.45, 7) is 13.5. The molecule has 0 bridgehead atoms. The topological polar surface area (TPSA) is 83.5 Å². The maximum Gasteiger partial charge on any atom is 0.131 e. The molecule has 4 rings (SSSR count). The van der Waals surface area contributed by atoms with Crippen molar-refractivity contribution in [2.24, 2.45) is 0 Å². The minimum atomic E-state index is -0.151. The normalized spacial score (nSPS) is 11.4. The van der Waals surface area contributed by atoms with Crippen molar-refractivity contribution in [2.75, 3.05) is 66.1 Å². The van der Waals surface area contributed by atoms with Crippen molar-refractivity contribution in [1.82, 2.24) is 0 Å². The van der Waals surface area contributed by atoms with Gasteiger partial charge in [0.15, 0.2) is 0 Å². The Hall–Kier alpha value is -4.11. The van der Waals surface area contributed by atoms with E-state index in [2.05, 4.69) is 43.3 Å². The van der Waals surface area contributed by atoms with Gasteiger partial charge in [-0.15, -0.1) is 0 Å².